The molecule has 0 aromatic heterocycles. The zero-order chi connectivity index (χ0) is 79.7. The summed E-state index contributed by atoms with van der Waals surface area (Å²) < 4.78 is 17.0. The molecule has 110 heavy (non-hydrogen) atoms. The molecule has 0 aromatic rings. The van der Waals surface area contributed by atoms with E-state index in [1.807, 2.05) is 0 Å². The molecule has 1 fully saturated rings. The molecule has 0 bridgehead atoms. The lowest BCUT2D eigenvalue weighted by molar-refractivity contribution is -0.148. The number of hydrogen-bond acceptors (Lipinski definition) is 15. The number of carbonyl (C=O) groups excluding carboxylic acids is 4. The number of ether oxygens (including phenoxy) is 3. The maximum Gasteiger partial charge on any atom is 0.305 e. The maximum atomic E-state index is 13.2. The van der Waals surface area contributed by atoms with Crippen LogP contribution in [-0.4, -0.2) is 186 Å². The van der Waals surface area contributed by atoms with Gasteiger partial charge in [-0.05, 0) is 200 Å². The van der Waals surface area contributed by atoms with Crippen LogP contribution in [0.5, 0.6) is 0 Å². The van der Waals surface area contributed by atoms with Crippen molar-refractivity contribution in [2.45, 2.75) is 335 Å². The highest BCUT2D eigenvalue weighted by molar-refractivity contribution is 5.78. The van der Waals surface area contributed by atoms with Crippen LogP contribution in [0.3, 0.4) is 0 Å². The Balaban J connectivity index is 3.12. The van der Waals surface area contributed by atoms with Crippen molar-refractivity contribution in [2.24, 2.45) is 0 Å². The quantitative estimate of drug-likeness (QED) is 0.0195. The number of ketones is 1. The first-order valence-electron chi connectivity index (χ1n) is 44.3. The van der Waals surface area contributed by atoms with Crippen molar-refractivity contribution < 1.29 is 53.8 Å². The summed E-state index contributed by atoms with van der Waals surface area (Å²) in [5, 5.41) is 46.1. The lowest BCUT2D eigenvalue weighted by atomic mass is 10.0. The van der Waals surface area contributed by atoms with Gasteiger partial charge in [-0.15, -0.1) is 0 Å². The summed E-state index contributed by atoms with van der Waals surface area (Å²) in [5.74, 6) is -0.744. The molecule has 1 saturated heterocycles. The number of β-amino-alcohol motifs (C(OH)–C–C–N with tert-alkyl or cyclic N) is 4. The third-order valence-electron chi connectivity index (χ3n) is 19.5. The molecule has 1 aliphatic rings. The van der Waals surface area contributed by atoms with Crippen LogP contribution in [0.15, 0.2) is 146 Å². The van der Waals surface area contributed by atoms with Gasteiger partial charge in [0.2, 0.25) is 0 Å². The summed E-state index contributed by atoms with van der Waals surface area (Å²) in [6.07, 6.45) is 89.7. The lowest BCUT2D eigenvalue weighted by Crippen LogP contribution is -2.47. The number of Topliss-reactive ketones (excluding diaryl/α,β-unsaturated/α-hetero) is 1. The van der Waals surface area contributed by atoms with E-state index in [0.29, 0.717) is 110 Å². The summed E-state index contributed by atoms with van der Waals surface area (Å²) in [4.78, 5) is 61.0. The Kier molecular flexibility index (Phi) is 74.9. The minimum absolute atomic E-state index is 0.113. The van der Waals surface area contributed by atoms with Crippen molar-refractivity contribution in [2.75, 3.05) is 98.4 Å². The van der Waals surface area contributed by atoms with E-state index in [-0.39, 0.29) is 63.1 Å². The van der Waals surface area contributed by atoms with E-state index in [9.17, 15) is 39.6 Å². The molecule has 4 atom stereocenters. The molecule has 15 nitrogen and oxygen atoms in total. The zero-order valence-electron chi connectivity index (χ0n) is 70.3. The standard InChI is InChI=1S/C95H162N4O11/c1-5-9-13-17-21-25-29-33-37-41-45-49-53-57-61-67-88(100)71-72-89(101)81-96-73-65-74-98(83-91(103)86-109-94(106)69-63-59-55-51-47-43-39-35-31-27-23-19-15-11-7-3)79-80-99(84-92(104)87-110-95(107)70-64-60-56-52-48-44-40-36-32-28-24-20-16-12-8-4)76-66-75-97(78-77-96)82-90(102)85-108-93(105)68-62-58-54-50-46-42-38-34-30-26-22-18-14-10-6-2/h9-16,21-28,33-40,89-92,101-104H,5-8,17-20,29-32,41-87H2,1-4H3/b13-9-,14-10-,15-11-,16-12-,25-21-,26-22-,27-23-,28-24-,37-33-,38-34-,39-35-,40-36-. The Bertz CT molecular complexity index is 2190. The molecule has 0 radical (unpaired) electrons. The molecule has 4 N–H and O–H groups in total. The second-order valence-electron chi connectivity index (χ2n) is 30.1. The smallest absolute Gasteiger partial charge is 0.305 e. The largest absolute Gasteiger partial charge is 0.463 e. The molecule has 15 heteroatoms. The predicted octanol–water partition coefficient (Wildman–Crippen LogP) is 20.8. The van der Waals surface area contributed by atoms with Crippen molar-refractivity contribution in [3.05, 3.63) is 146 Å². The zero-order valence-corrected chi connectivity index (χ0v) is 70.3. The van der Waals surface area contributed by atoms with Gasteiger partial charge >= 0.3 is 17.9 Å². The number of hydrogen-bond donors (Lipinski definition) is 4. The highest BCUT2D eigenvalue weighted by Gasteiger charge is 2.23. The number of rotatable bonds is 69. The van der Waals surface area contributed by atoms with Gasteiger partial charge in [0.15, 0.2) is 0 Å². The number of allylic oxidation sites excluding steroid dienone is 24. The summed E-state index contributed by atoms with van der Waals surface area (Å²) in [7, 11) is 0. The Hall–Kier alpha value is -5.36. The normalized spacial score (nSPS) is 16.1. The molecular formula is C95H162N4O11. The summed E-state index contributed by atoms with van der Waals surface area (Å²) in [5.41, 5.74) is 0. The molecule has 0 aromatic carbocycles. The van der Waals surface area contributed by atoms with Gasteiger partial charge < -0.3 is 34.6 Å². The summed E-state index contributed by atoms with van der Waals surface area (Å²) in [6.45, 7) is 13.9. The molecule has 0 saturated carbocycles. The van der Waals surface area contributed by atoms with Crippen LogP contribution in [0.4, 0.5) is 0 Å². The number of nitrogens with zero attached hydrogens (tertiary/aromatic N) is 4. The van der Waals surface area contributed by atoms with Crippen molar-refractivity contribution in [3.8, 4) is 0 Å². The van der Waals surface area contributed by atoms with Crippen LogP contribution in [0, 0.1) is 0 Å². The number of esters is 3. The fourth-order valence-corrected chi connectivity index (χ4v) is 13.1. The molecule has 1 aliphatic heterocycles. The minimum atomic E-state index is -0.939. The van der Waals surface area contributed by atoms with Crippen molar-refractivity contribution in [3.63, 3.8) is 0 Å². The molecular weight excluding hydrogens is 1370 g/mol. The molecule has 0 aliphatic carbocycles. The van der Waals surface area contributed by atoms with E-state index in [2.05, 4.69) is 193 Å². The maximum absolute atomic E-state index is 13.2. The van der Waals surface area contributed by atoms with Crippen molar-refractivity contribution in [1.29, 1.82) is 0 Å². The van der Waals surface area contributed by atoms with Crippen LogP contribution in [0.25, 0.3) is 0 Å². The van der Waals surface area contributed by atoms with Gasteiger partial charge in [-0.2, -0.15) is 0 Å². The van der Waals surface area contributed by atoms with E-state index >= 15 is 0 Å². The average Bonchev–Trinajstić information content (AvgIpc) is 0.908. The van der Waals surface area contributed by atoms with Gasteiger partial charge in [0.25, 0.3) is 0 Å². The highest BCUT2D eigenvalue weighted by atomic mass is 16.5. The first-order valence-corrected chi connectivity index (χ1v) is 44.3. The van der Waals surface area contributed by atoms with Crippen LogP contribution in [0.2, 0.25) is 0 Å². The average molecular weight is 1540 g/mol. The molecule has 628 valence electrons. The number of aliphatic hydroxyl groups is 4. The lowest BCUT2D eigenvalue weighted by Gasteiger charge is -2.34. The summed E-state index contributed by atoms with van der Waals surface area (Å²) >= 11 is 0. The van der Waals surface area contributed by atoms with Crippen molar-refractivity contribution in [1.82, 2.24) is 19.6 Å². The number of unbranched alkanes of at least 4 members (excludes halogenated alkanes) is 20. The first-order chi connectivity index (χ1) is 53.9. The second-order valence-corrected chi connectivity index (χ2v) is 30.1. The molecule has 4 unspecified atom stereocenters. The molecule has 0 amide bonds. The fourth-order valence-electron chi connectivity index (χ4n) is 13.1. The van der Waals surface area contributed by atoms with Gasteiger partial charge in [0.1, 0.15) is 43.9 Å². The van der Waals surface area contributed by atoms with E-state index in [1.165, 1.54) is 0 Å². The Morgan fingerprint density at radius 1 is 0.264 bits per heavy atom. The van der Waals surface area contributed by atoms with Gasteiger partial charge in [-0.1, -0.05) is 251 Å². The minimum Gasteiger partial charge on any atom is -0.463 e. The Morgan fingerprint density at radius 2 is 0.482 bits per heavy atom. The molecule has 0 spiro atoms. The SMILES string of the molecule is CC/C=C\C/C=C\C/C=C\CCCCCCCC(=O)CCC(O)CN1CCCN(CC(O)COC(=O)CCCCCCC/C=C\C/C=C\C/C=C\CC)CCN(CC(O)COC(=O)CCCCCCC/C=C\C/C=C\C/C=C\CC)CCCN(CC(O)COC(=O)CCCCCCC/C=C\C/C=C\C/C=C\CC)CC1. The first kappa shape index (κ1) is 103. The summed E-state index contributed by atoms with van der Waals surface area (Å²) in [6, 6.07) is 0. The van der Waals surface area contributed by atoms with E-state index in [0.717, 1.165) is 231 Å². The molecule has 1 heterocycles. The predicted molar refractivity (Wildman–Crippen MR) is 463 cm³/mol. The van der Waals surface area contributed by atoms with E-state index in [1.54, 1.807) is 0 Å². The Labute approximate surface area is 672 Å². The van der Waals surface area contributed by atoms with Crippen molar-refractivity contribution >= 4 is 23.7 Å². The van der Waals surface area contributed by atoms with Crippen LogP contribution in [-0.2, 0) is 33.4 Å². The van der Waals surface area contributed by atoms with Gasteiger partial charge in [-0.3, -0.25) is 38.8 Å². The fraction of sp³-hybridized carbons (Fsp3) is 0.705. The van der Waals surface area contributed by atoms with E-state index in [4.69, 9.17) is 14.2 Å². The monoisotopic (exact) mass is 1540 g/mol. The molecule has 1 rings (SSSR count). The van der Waals surface area contributed by atoms with Crippen LogP contribution in [0.1, 0.15) is 310 Å². The van der Waals surface area contributed by atoms with Gasteiger partial charge in [0.05, 0.1) is 6.10 Å². The van der Waals surface area contributed by atoms with Gasteiger partial charge in [0, 0.05) is 84.5 Å². The number of aliphatic hydroxyl groups excluding tert-OH is 4. The van der Waals surface area contributed by atoms with Gasteiger partial charge in [-0.25, -0.2) is 0 Å². The third kappa shape index (κ3) is 72.9. The topological polar surface area (TPSA) is 190 Å². The Morgan fingerprint density at radius 3 is 0.745 bits per heavy atom. The second kappa shape index (κ2) is 80.3. The third-order valence-corrected chi connectivity index (χ3v) is 19.5. The van der Waals surface area contributed by atoms with E-state index < -0.39 is 24.4 Å². The number of carbonyl (C=O) groups is 4. The van der Waals surface area contributed by atoms with Crippen LogP contribution >= 0.6 is 0 Å². The highest BCUT2D eigenvalue weighted by Crippen LogP contribution is 2.16. The van der Waals surface area contributed by atoms with Crippen LogP contribution < -0.4 is 0 Å².